The molecule has 0 aliphatic heterocycles. The van der Waals surface area contributed by atoms with E-state index < -0.39 is 0 Å². The molecule has 2 aromatic rings. The largest absolute Gasteiger partial charge is 0.304 e. The van der Waals surface area contributed by atoms with Gasteiger partial charge in [-0.3, -0.25) is 0 Å². The number of nitrogens with zero attached hydrogens (tertiary/aromatic N) is 3. The predicted molar refractivity (Wildman–Crippen MR) is 82.9 cm³/mol. The Hall–Kier alpha value is -0.430. The highest BCUT2D eigenvalue weighted by Crippen LogP contribution is 2.37. The van der Waals surface area contributed by atoms with Crippen molar-refractivity contribution in [1.82, 2.24) is 20.3 Å². The van der Waals surface area contributed by atoms with Crippen LogP contribution in [0.2, 0.25) is 5.02 Å². The molecule has 0 bridgehead atoms. The van der Waals surface area contributed by atoms with E-state index in [0.717, 1.165) is 38.7 Å². The highest BCUT2D eigenvalue weighted by Gasteiger charge is 2.25. The van der Waals surface area contributed by atoms with Crippen molar-refractivity contribution in [2.24, 2.45) is 7.05 Å². The molecule has 104 valence electrons. The van der Waals surface area contributed by atoms with Crippen LogP contribution in [0.5, 0.6) is 0 Å². The smallest absolute Gasteiger partial charge is 0.153 e. The zero-order chi connectivity index (χ0) is 14.0. The van der Waals surface area contributed by atoms with Crippen molar-refractivity contribution in [3.05, 3.63) is 31.1 Å². The summed E-state index contributed by atoms with van der Waals surface area (Å²) >= 11 is 11.5. The van der Waals surface area contributed by atoms with Crippen LogP contribution < -0.4 is 5.32 Å². The van der Waals surface area contributed by atoms with Gasteiger partial charge in [0.1, 0.15) is 0 Å². The van der Waals surface area contributed by atoms with Gasteiger partial charge in [0.15, 0.2) is 4.60 Å². The summed E-state index contributed by atoms with van der Waals surface area (Å²) < 4.78 is 2.54. The van der Waals surface area contributed by atoms with Gasteiger partial charge in [0.25, 0.3) is 0 Å². The van der Waals surface area contributed by atoms with E-state index in [0.29, 0.717) is 0 Å². The molecule has 1 atom stereocenters. The number of aryl methyl sites for hydroxylation is 2. The van der Waals surface area contributed by atoms with Crippen LogP contribution in [0.15, 0.2) is 9.98 Å². The molecule has 0 fully saturated rings. The van der Waals surface area contributed by atoms with Crippen molar-refractivity contribution in [2.45, 2.75) is 26.3 Å². The molecule has 7 heteroatoms. The van der Waals surface area contributed by atoms with Crippen LogP contribution in [-0.4, -0.2) is 21.5 Å². The zero-order valence-electron chi connectivity index (χ0n) is 11.1. The summed E-state index contributed by atoms with van der Waals surface area (Å²) in [6.07, 6.45) is 1.06. The summed E-state index contributed by atoms with van der Waals surface area (Å²) in [5.41, 5.74) is 2.11. The van der Waals surface area contributed by atoms with E-state index in [1.807, 2.05) is 14.0 Å². The summed E-state index contributed by atoms with van der Waals surface area (Å²) in [6, 6.07) is 0.0144. The fourth-order valence-electron chi connectivity index (χ4n) is 1.89. The van der Waals surface area contributed by atoms with Gasteiger partial charge in [0, 0.05) is 11.9 Å². The molecule has 2 heterocycles. The molecule has 0 aliphatic rings. The topological polar surface area (TPSA) is 42.7 Å². The lowest BCUT2D eigenvalue weighted by atomic mass is 10.1. The van der Waals surface area contributed by atoms with Crippen molar-refractivity contribution in [3.63, 3.8) is 0 Å². The first-order chi connectivity index (χ1) is 9.06. The fraction of sp³-hybridized carbons (Fsp3) is 0.500. The molecule has 0 saturated heterocycles. The van der Waals surface area contributed by atoms with Crippen LogP contribution in [0.4, 0.5) is 0 Å². The molecule has 0 spiro atoms. The van der Waals surface area contributed by atoms with Crippen LogP contribution >= 0.6 is 38.9 Å². The van der Waals surface area contributed by atoms with Gasteiger partial charge in [0.2, 0.25) is 0 Å². The van der Waals surface area contributed by atoms with Crippen LogP contribution in [0.25, 0.3) is 0 Å². The molecule has 0 aromatic carbocycles. The molecule has 0 saturated carbocycles. The number of rotatable bonds is 5. The number of aromatic nitrogens is 3. The number of thiophene rings is 1. The maximum Gasteiger partial charge on any atom is 0.153 e. The van der Waals surface area contributed by atoms with Crippen molar-refractivity contribution >= 4 is 38.9 Å². The quantitative estimate of drug-likeness (QED) is 0.881. The van der Waals surface area contributed by atoms with Gasteiger partial charge < -0.3 is 5.32 Å². The molecule has 2 rings (SSSR count). The summed E-state index contributed by atoms with van der Waals surface area (Å²) in [6.45, 7) is 5.08. The first kappa shape index (κ1) is 15.0. The second-order valence-electron chi connectivity index (χ2n) is 4.37. The van der Waals surface area contributed by atoms with E-state index in [-0.39, 0.29) is 6.04 Å². The highest BCUT2D eigenvalue weighted by molar-refractivity contribution is 9.10. The molecule has 0 radical (unpaired) electrons. The monoisotopic (exact) mass is 362 g/mol. The maximum absolute atomic E-state index is 6.41. The van der Waals surface area contributed by atoms with E-state index in [4.69, 9.17) is 11.6 Å². The Labute approximate surface area is 130 Å². The molecule has 4 nitrogen and oxygen atoms in total. The molecule has 1 N–H and O–H groups in total. The maximum atomic E-state index is 6.41. The van der Waals surface area contributed by atoms with Crippen LogP contribution in [0, 0.1) is 6.92 Å². The van der Waals surface area contributed by atoms with Gasteiger partial charge in [-0.05, 0) is 46.8 Å². The number of hydrogen-bond donors (Lipinski definition) is 1. The standard InChI is InChI=1S/C12H16BrClN4S/c1-4-5-15-9(10-12(13)16-17-18(10)3)11-8(14)7(2)6-19-11/h6,9,15H,4-5H2,1-3H3. The Morgan fingerprint density at radius 2 is 2.32 bits per heavy atom. The van der Waals surface area contributed by atoms with Gasteiger partial charge in [-0.25, -0.2) is 4.68 Å². The summed E-state index contributed by atoms with van der Waals surface area (Å²) in [7, 11) is 1.89. The van der Waals surface area contributed by atoms with Gasteiger partial charge in [-0.2, -0.15) is 0 Å². The van der Waals surface area contributed by atoms with E-state index in [2.05, 4.69) is 43.9 Å². The predicted octanol–water partition coefficient (Wildman–Crippen LogP) is 3.69. The molecule has 2 aromatic heterocycles. The average Bonchev–Trinajstić information content (AvgIpc) is 2.88. The Morgan fingerprint density at radius 1 is 1.58 bits per heavy atom. The van der Waals surface area contributed by atoms with Crippen LogP contribution in [-0.2, 0) is 7.05 Å². The third-order valence-corrected chi connectivity index (χ3v) is 5.23. The normalized spacial score (nSPS) is 12.9. The molecule has 0 aliphatic carbocycles. The van der Waals surface area contributed by atoms with E-state index in [1.54, 1.807) is 16.0 Å². The third kappa shape index (κ3) is 3.02. The van der Waals surface area contributed by atoms with Gasteiger partial charge in [-0.1, -0.05) is 23.7 Å². The minimum atomic E-state index is 0.0144. The summed E-state index contributed by atoms with van der Waals surface area (Å²) in [5.74, 6) is 0. The van der Waals surface area contributed by atoms with Crippen LogP contribution in [0.1, 0.15) is 35.5 Å². The van der Waals surface area contributed by atoms with E-state index >= 15 is 0 Å². The van der Waals surface area contributed by atoms with Gasteiger partial charge in [0.05, 0.1) is 16.8 Å². The number of hydrogen-bond acceptors (Lipinski definition) is 4. The number of nitrogens with one attached hydrogen (secondary N) is 1. The SMILES string of the molecule is CCCNC(c1scc(C)c1Cl)c1c(Br)nnn1C. The zero-order valence-corrected chi connectivity index (χ0v) is 14.2. The van der Waals surface area contributed by atoms with E-state index in [9.17, 15) is 0 Å². The lowest BCUT2D eigenvalue weighted by Crippen LogP contribution is -2.25. The molecule has 0 amide bonds. The minimum Gasteiger partial charge on any atom is -0.304 e. The Balaban J connectivity index is 2.44. The summed E-state index contributed by atoms with van der Waals surface area (Å²) in [4.78, 5) is 1.11. The molecule has 1 unspecified atom stereocenters. The number of halogens is 2. The molecule has 19 heavy (non-hydrogen) atoms. The average molecular weight is 364 g/mol. The minimum absolute atomic E-state index is 0.0144. The van der Waals surface area contributed by atoms with E-state index in [1.165, 1.54) is 0 Å². The van der Waals surface area contributed by atoms with Gasteiger partial charge >= 0.3 is 0 Å². The Morgan fingerprint density at radius 3 is 2.79 bits per heavy atom. The first-order valence-electron chi connectivity index (χ1n) is 6.08. The lowest BCUT2D eigenvalue weighted by molar-refractivity contribution is 0.555. The van der Waals surface area contributed by atoms with Crippen molar-refractivity contribution < 1.29 is 0 Å². The Bertz CT molecular complexity index is 547. The molecular formula is C12H16BrClN4S. The highest BCUT2D eigenvalue weighted by atomic mass is 79.9. The Kier molecular flexibility index (Phi) is 5.00. The van der Waals surface area contributed by atoms with Crippen LogP contribution in [0.3, 0.4) is 0 Å². The lowest BCUT2D eigenvalue weighted by Gasteiger charge is -2.18. The summed E-state index contributed by atoms with van der Waals surface area (Å²) in [5, 5.41) is 14.5. The third-order valence-electron chi connectivity index (χ3n) is 2.89. The van der Waals surface area contributed by atoms with Gasteiger partial charge in [-0.15, -0.1) is 16.4 Å². The second kappa shape index (κ2) is 6.35. The molecular weight excluding hydrogens is 348 g/mol. The van der Waals surface area contributed by atoms with Crippen molar-refractivity contribution in [2.75, 3.05) is 6.54 Å². The first-order valence-corrected chi connectivity index (χ1v) is 8.13. The second-order valence-corrected chi connectivity index (χ2v) is 6.41. The van der Waals surface area contributed by atoms with Crippen molar-refractivity contribution in [3.8, 4) is 0 Å². The fourth-order valence-corrected chi connectivity index (χ4v) is 3.83. The van der Waals surface area contributed by atoms with Crippen molar-refractivity contribution in [1.29, 1.82) is 0 Å².